The standard InChI is InChI=1S/C13H20N2/c1-14-10-13(7-8-13)11-15-9-12-5-3-2-4-6-12/h2-6,14-15H,7-11H2,1H3. The summed E-state index contributed by atoms with van der Waals surface area (Å²) in [4.78, 5) is 0. The molecule has 0 radical (unpaired) electrons. The Morgan fingerprint density at radius 2 is 1.87 bits per heavy atom. The maximum atomic E-state index is 3.55. The molecule has 0 aliphatic heterocycles. The monoisotopic (exact) mass is 204 g/mol. The largest absolute Gasteiger partial charge is 0.319 e. The Morgan fingerprint density at radius 3 is 2.47 bits per heavy atom. The summed E-state index contributed by atoms with van der Waals surface area (Å²) >= 11 is 0. The van der Waals surface area contributed by atoms with E-state index < -0.39 is 0 Å². The Hall–Kier alpha value is -0.860. The van der Waals surface area contributed by atoms with Crippen molar-refractivity contribution in [3.05, 3.63) is 35.9 Å². The molecule has 1 saturated carbocycles. The molecule has 1 fully saturated rings. The zero-order valence-corrected chi connectivity index (χ0v) is 9.42. The van der Waals surface area contributed by atoms with Crippen LogP contribution in [0.3, 0.4) is 0 Å². The van der Waals surface area contributed by atoms with E-state index in [1.807, 2.05) is 7.05 Å². The third kappa shape index (κ3) is 3.05. The Bertz CT molecular complexity index is 291. The van der Waals surface area contributed by atoms with Crippen LogP contribution in [0.25, 0.3) is 0 Å². The van der Waals surface area contributed by atoms with Gasteiger partial charge in [0.05, 0.1) is 0 Å². The van der Waals surface area contributed by atoms with E-state index in [0.29, 0.717) is 5.41 Å². The Labute approximate surface area is 92.1 Å². The van der Waals surface area contributed by atoms with E-state index in [0.717, 1.165) is 19.6 Å². The van der Waals surface area contributed by atoms with Gasteiger partial charge in [0, 0.05) is 19.6 Å². The minimum Gasteiger partial charge on any atom is -0.319 e. The van der Waals surface area contributed by atoms with E-state index in [4.69, 9.17) is 0 Å². The van der Waals surface area contributed by atoms with Crippen LogP contribution in [0.1, 0.15) is 18.4 Å². The van der Waals surface area contributed by atoms with Crippen molar-refractivity contribution in [2.24, 2.45) is 5.41 Å². The zero-order chi connectivity index (χ0) is 10.6. The second kappa shape index (κ2) is 4.77. The van der Waals surface area contributed by atoms with Crippen molar-refractivity contribution in [3.8, 4) is 0 Å². The Balaban J connectivity index is 1.71. The summed E-state index contributed by atoms with van der Waals surface area (Å²) < 4.78 is 0. The van der Waals surface area contributed by atoms with Gasteiger partial charge in [-0.2, -0.15) is 0 Å². The molecule has 1 aromatic rings. The van der Waals surface area contributed by atoms with Crippen molar-refractivity contribution in [1.29, 1.82) is 0 Å². The van der Waals surface area contributed by atoms with Crippen LogP contribution in [-0.2, 0) is 6.54 Å². The van der Waals surface area contributed by atoms with E-state index in [2.05, 4.69) is 41.0 Å². The quantitative estimate of drug-likeness (QED) is 0.738. The molecule has 2 N–H and O–H groups in total. The molecule has 0 saturated heterocycles. The average molecular weight is 204 g/mol. The fourth-order valence-electron chi connectivity index (χ4n) is 2.04. The highest BCUT2D eigenvalue weighted by Gasteiger charge is 2.41. The first kappa shape index (κ1) is 10.7. The molecule has 0 aromatic heterocycles. The minimum absolute atomic E-state index is 0.559. The van der Waals surface area contributed by atoms with E-state index >= 15 is 0 Å². The SMILES string of the molecule is CNCC1(CNCc2ccccc2)CC1. The highest BCUT2D eigenvalue weighted by atomic mass is 14.9. The molecule has 0 spiro atoms. The molecular weight excluding hydrogens is 184 g/mol. The predicted octanol–water partition coefficient (Wildman–Crippen LogP) is 1.78. The summed E-state index contributed by atoms with van der Waals surface area (Å²) in [6.07, 6.45) is 2.74. The molecule has 0 unspecified atom stereocenters. The van der Waals surface area contributed by atoms with Crippen molar-refractivity contribution in [1.82, 2.24) is 10.6 Å². The summed E-state index contributed by atoms with van der Waals surface area (Å²) in [5.74, 6) is 0. The van der Waals surface area contributed by atoms with E-state index in [1.54, 1.807) is 0 Å². The maximum Gasteiger partial charge on any atom is 0.0205 e. The second-order valence-corrected chi connectivity index (χ2v) is 4.62. The fraction of sp³-hybridized carbons (Fsp3) is 0.538. The van der Waals surface area contributed by atoms with Crippen molar-refractivity contribution in [2.75, 3.05) is 20.1 Å². The van der Waals surface area contributed by atoms with Crippen LogP contribution < -0.4 is 10.6 Å². The average Bonchev–Trinajstić information content (AvgIpc) is 3.00. The van der Waals surface area contributed by atoms with Gasteiger partial charge >= 0.3 is 0 Å². The Kier molecular flexibility index (Phi) is 3.39. The van der Waals surface area contributed by atoms with Crippen LogP contribution in [0, 0.1) is 5.41 Å². The van der Waals surface area contributed by atoms with Crippen LogP contribution in [-0.4, -0.2) is 20.1 Å². The van der Waals surface area contributed by atoms with E-state index in [-0.39, 0.29) is 0 Å². The van der Waals surface area contributed by atoms with Gasteiger partial charge in [-0.3, -0.25) is 0 Å². The van der Waals surface area contributed by atoms with Crippen LogP contribution in [0.15, 0.2) is 30.3 Å². The first-order valence-corrected chi connectivity index (χ1v) is 5.74. The van der Waals surface area contributed by atoms with Crippen LogP contribution >= 0.6 is 0 Å². The molecule has 1 aromatic carbocycles. The van der Waals surface area contributed by atoms with Crippen molar-refractivity contribution in [2.45, 2.75) is 19.4 Å². The normalized spacial score (nSPS) is 17.7. The van der Waals surface area contributed by atoms with Gasteiger partial charge in [-0.1, -0.05) is 30.3 Å². The number of nitrogens with one attached hydrogen (secondary N) is 2. The molecule has 0 heterocycles. The van der Waals surface area contributed by atoms with E-state index in [9.17, 15) is 0 Å². The topological polar surface area (TPSA) is 24.1 Å². The molecular formula is C13H20N2. The highest BCUT2D eigenvalue weighted by molar-refractivity contribution is 5.14. The molecule has 0 amide bonds. The summed E-state index contributed by atoms with van der Waals surface area (Å²) in [6, 6.07) is 10.6. The minimum atomic E-state index is 0.559. The smallest absolute Gasteiger partial charge is 0.0205 e. The molecule has 2 heteroatoms. The van der Waals surface area contributed by atoms with Crippen molar-refractivity contribution < 1.29 is 0 Å². The van der Waals surface area contributed by atoms with Gasteiger partial charge in [0.25, 0.3) is 0 Å². The third-order valence-electron chi connectivity index (χ3n) is 3.18. The first-order chi connectivity index (χ1) is 7.35. The summed E-state index contributed by atoms with van der Waals surface area (Å²) in [5.41, 5.74) is 1.93. The van der Waals surface area contributed by atoms with Gasteiger partial charge in [0.15, 0.2) is 0 Å². The molecule has 1 aliphatic rings. The molecule has 2 rings (SSSR count). The van der Waals surface area contributed by atoms with E-state index in [1.165, 1.54) is 18.4 Å². The number of benzene rings is 1. The number of rotatable bonds is 6. The molecule has 0 bridgehead atoms. The Morgan fingerprint density at radius 1 is 1.13 bits per heavy atom. The van der Waals surface area contributed by atoms with Gasteiger partial charge in [-0.25, -0.2) is 0 Å². The summed E-state index contributed by atoms with van der Waals surface area (Å²) in [5, 5.41) is 6.83. The van der Waals surface area contributed by atoms with Crippen LogP contribution in [0.5, 0.6) is 0 Å². The summed E-state index contributed by atoms with van der Waals surface area (Å²) in [6.45, 7) is 3.28. The lowest BCUT2D eigenvalue weighted by molar-refractivity contribution is 0.438. The van der Waals surface area contributed by atoms with Gasteiger partial charge in [-0.15, -0.1) is 0 Å². The second-order valence-electron chi connectivity index (χ2n) is 4.62. The summed E-state index contributed by atoms with van der Waals surface area (Å²) in [7, 11) is 2.04. The highest BCUT2D eigenvalue weighted by Crippen LogP contribution is 2.44. The third-order valence-corrected chi connectivity index (χ3v) is 3.18. The van der Waals surface area contributed by atoms with Crippen LogP contribution in [0.2, 0.25) is 0 Å². The van der Waals surface area contributed by atoms with Gasteiger partial charge in [-0.05, 0) is 30.9 Å². The zero-order valence-electron chi connectivity index (χ0n) is 9.42. The maximum absolute atomic E-state index is 3.55. The molecule has 2 nitrogen and oxygen atoms in total. The first-order valence-electron chi connectivity index (χ1n) is 5.74. The number of hydrogen-bond donors (Lipinski definition) is 2. The van der Waals surface area contributed by atoms with Gasteiger partial charge < -0.3 is 10.6 Å². The van der Waals surface area contributed by atoms with Gasteiger partial charge in [0.2, 0.25) is 0 Å². The molecule has 1 aliphatic carbocycles. The lowest BCUT2D eigenvalue weighted by atomic mass is 10.1. The lowest BCUT2D eigenvalue weighted by Crippen LogP contribution is -2.30. The van der Waals surface area contributed by atoms with Gasteiger partial charge in [0.1, 0.15) is 0 Å². The number of hydrogen-bond acceptors (Lipinski definition) is 2. The van der Waals surface area contributed by atoms with Crippen molar-refractivity contribution >= 4 is 0 Å². The fourth-order valence-corrected chi connectivity index (χ4v) is 2.04. The predicted molar refractivity (Wildman–Crippen MR) is 63.7 cm³/mol. The molecule has 0 atom stereocenters. The van der Waals surface area contributed by atoms with Crippen LogP contribution in [0.4, 0.5) is 0 Å². The molecule has 15 heavy (non-hydrogen) atoms. The lowest BCUT2D eigenvalue weighted by Gasteiger charge is -2.15. The molecule has 82 valence electrons. The van der Waals surface area contributed by atoms with Crippen molar-refractivity contribution in [3.63, 3.8) is 0 Å².